The van der Waals surface area contributed by atoms with Gasteiger partial charge in [-0.3, -0.25) is 4.79 Å². The second kappa shape index (κ2) is 5.73. The van der Waals surface area contributed by atoms with Gasteiger partial charge >= 0.3 is 12.4 Å². The van der Waals surface area contributed by atoms with Gasteiger partial charge in [0.2, 0.25) is 5.92 Å². The molecule has 0 atom stereocenters. The summed E-state index contributed by atoms with van der Waals surface area (Å²) in [6, 6.07) is 0. The molecule has 0 unspecified atom stereocenters. The zero-order chi connectivity index (χ0) is 13.9. The largest absolute Gasteiger partial charge is 0.407 e. The highest BCUT2D eigenvalue weighted by molar-refractivity contribution is 5.82. The van der Waals surface area contributed by atoms with Crippen LogP contribution >= 0.6 is 0 Å². The highest BCUT2D eigenvalue weighted by atomic mass is 19.4. The number of rotatable bonds is 5. The average Bonchev–Trinajstić information content (AvgIpc) is 1.96. The van der Waals surface area contributed by atoms with Crippen molar-refractivity contribution in [1.29, 1.82) is 0 Å². The third-order valence-electron chi connectivity index (χ3n) is 2.18. The van der Waals surface area contributed by atoms with E-state index in [4.69, 9.17) is 0 Å². The molecule has 1 nitrogen and oxygen atoms in total. The molecule has 0 aromatic rings. The molecule has 0 heterocycles. The van der Waals surface area contributed by atoms with Gasteiger partial charge in [0, 0.05) is 6.42 Å². The molecule has 0 saturated heterocycles. The molecule has 17 heavy (non-hydrogen) atoms. The third kappa shape index (κ3) is 5.93. The van der Waals surface area contributed by atoms with Crippen LogP contribution in [0.15, 0.2) is 0 Å². The van der Waals surface area contributed by atoms with Gasteiger partial charge in [0.1, 0.15) is 0 Å². The predicted octanol–water partition coefficient (Wildman–Crippen LogP) is 4.12. The van der Waals surface area contributed by atoms with Crippen molar-refractivity contribution >= 4 is 5.78 Å². The molecule has 0 rings (SSSR count). The number of ketones is 1. The normalized spacial score (nSPS) is 13.5. The molecule has 102 valence electrons. The summed E-state index contributed by atoms with van der Waals surface area (Å²) in [5.74, 6) is -5.51. The summed E-state index contributed by atoms with van der Waals surface area (Å²) < 4.78 is 72.7. The van der Waals surface area contributed by atoms with E-state index in [1.807, 2.05) is 0 Å². The van der Waals surface area contributed by atoms with Gasteiger partial charge in [0.15, 0.2) is 5.78 Å². The Morgan fingerprint density at radius 1 is 1.00 bits per heavy atom. The van der Waals surface area contributed by atoms with Gasteiger partial charge in [0.05, 0.1) is 0 Å². The van der Waals surface area contributed by atoms with Gasteiger partial charge in [-0.15, -0.1) is 0 Å². The maximum Gasteiger partial charge on any atom is 0.407 e. The molecule has 0 spiro atoms. The summed E-state index contributed by atoms with van der Waals surface area (Å²) in [4.78, 5) is 11.0. The summed E-state index contributed by atoms with van der Waals surface area (Å²) in [7, 11) is 0. The minimum Gasteiger partial charge on any atom is -0.299 e. The van der Waals surface area contributed by atoms with E-state index in [2.05, 4.69) is 0 Å². The Bertz CT molecular complexity index is 239. The Kier molecular flexibility index (Phi) is 5.48. The lowest BCUT2D eigenvalue weighted by Crippen LogP contribution is -2.42. The summed E-state index contributed by atoms with van der Waals surface area (Å²) in [6.45, 7) is 3.55. The van der Waals surface area contributed by atoms with Crippen molar-refractivity contribution in [3.8, 4) is 0 Å². The zero-order valence-electron chi connectivity index (χ0n) is 9.45. The molecule has 0 radical (unpaired) electrons. The summed E-state index contributed by atoms with van der Waals surface area (Å²) >= 11 is 0. The number of hydrogen-bond acceptors (Lipinski definition) is 1. The second-order valence-electron chi connectivity index (χ2n) is 4.27. The lowest BCUT2D eigenvalue weighted by atomic mass is 9.96. The smallest absolute Gasteiger partial charge is 0.299 e. The summed E-state index contributed by atoms with van der Waals surface area (Å²) in [5.41, 5.74) is 0. The molecule has 7 heteroatoms. The first-order chi connectivity index (χ1) is 7.46. The average molecular weight is 264 g/mol. The number of alkyl halides is 6. The molecule has 0 aliphatic carbocycles. The predicted molar refractivity (Wildman–Crippen MR) is 49.3 cm³/mol. The van der Waals surface area contributed by atoms with Gasteiger partial charge in [-0.05, 0) is 12.3 Å². The third-order valence-corrected chi connectivity index (χ3v) is 2.18. The van der Waals surface area contributed by atoms with Crippen LogP contribution in [0.25, 0.3) is 0 Å². The highest BCUT2D eigenvalue weighted by Gasteiger charge is 2.60. The van der Waals surface area contributed by atoms with E-state index in [0.29, 0.717) is 6.42 Å². The van der Waals surface area contributed by atoms with Crippen molar-refractivity contribution in [3.05, 3.63) is 0 Å². The van der Waals surface area contributed by atoms with Crippen molar-refractivity contribution in [1.82, 2.24) is 0 Å². The fourth-order valence-corrected chi connectivity index (χ4v) is 1.38. The van der Waals surface area contributed by atoms with E-state index in [1.54, 1.807) is 13.8 Å². The molecule has 0 N–H and O–H groups in total. The second-order valence-corrected chi connectivity index (χ2v) is 4.27. The fraction of sp³-hybridized carbons (Fsp3) is 0.900. The van der Waals surface area contributed by atoms with E-state index in [1.165, 1.54) is 0 Å². The van der Waals surface area contributed by atoms with E-state index in [9.17, 15) is 31.1 Å². The van der Waals surface area contributed by atoms with Crippen LogP contribution in [-0.2, 0) is 4.79 Å². The van der Waals surface area contributed by atoms with Crippen LogP contribution in [0.3, 0.4) is 0 Å². The molecule has 0 aliphatic rings. The van der Waals surface area contributed by atoms with Crippen molar-refractivity contribution < 1.29 is 31.1 Å². The first kappa shape index (κ1) is 16.2. The Hall–Kier alpha value is -0.750. The number of hydrogen-bond donors (Lipinski definition) is 0. The molecule has 0 aliphatic heterocycles. The summed E-state index contributed by atoms with van der Waals surface area (Å²) in [6.07, 6.45) is -11.4. The Balaban J connectivity index is 4.58. The van der Waals surface area contributed by atoms with Crippen LogP contribution in [0.4, 0.5) is 26.3 Å². The number of carbonyl (C=O) groups excluding carboxylic acids is 1. The first-order valence-corrected chi connectivity index (χ1v) is 5.12. The number of carbonyl (C=O) groups is 1. The number of halogens is 6. The first-order valence-electron chi connectivity index (χ1n) is 5.12. The minimum atomic E-state index is -5.56. The van der Waals surface area contributed by atoms with Crippen LogP contribution in [0, 0.1) is 11.8 Å². The molecule has 0 aromatic carbocycles. The van der Waals surface area contributed by atoms with Crippen molar-refractivity contribution in [2.45, 2.75) is 45.5 Å². The van der Waals surface area contributed by atoms with Crippen molar-refractivity contribution in [3.63, 3.8) is 0 Å². The Labute approximate surface area is 95.2 Å². The van der Waals surface area contributed by atoms with Gasteiger partial charge < -0.3 is 0 Å². The lowest BCUT2D eigenvalue weighted by molar-refractivity contribution is -0.273. The minimum absolute atomic E-state index is 0.0408. The molecule has 0 aromatic heterocycles. The lowest BCUT2D eigenvalue weighted by Gasteiger charge is -2.21. The molecule has 0 amide bonds. The van der Waals surface area contributed by atoms with Crippen LogP contribution in [0.5, 0.6) is 0 Å². The Morgan fingerprint density at radius 3 is 1.71 bits per heavy atom. The quantitative estimate of drug-likeness (QED) is 0.682. The van der Waals surface area contributed by atoms with Gasteiger partial charge in [-0.2, -0.15) is 26.3 Å². The van der Waals surface area contributed by atoms with Gasteiger partial charge in [-0.25, -0.2) is 0 Å². The van der Waals surface area contributed by atoms with E-state index < -0.39 is 30.5 Å². The van der Waals surface area contributed by atoms with Crippen molar-refractivity contribution in [2.24, 2.45) is 11.8 Å². The van der Waals surface area contributed by atoms with Crippen molar-refractivity contribution in [2.75, 3.05) is 0 Å². The number of Topliss-reactive ketones (excluding diaryl/α,β-unsaturated/α-hetero) is 1. The topological polar surface area (TPSA) is 17.1 Å². The van der Waals surface area contributed by atoms with Crippen LogP contribution in [-0.4, -0.2) is 18.1 Å². The molecule has 0 saturated carbocycles. The fourth-order valence-electron chi connectivity index (χ4n) is 1.38. The van der Waals surface area contributed by atoms with Crippen LogP contribution in [0.2, 0.25) is 0 Å². The molecule has 0 fully saturated rings. The molecule has 0 bridgehead atoms. The van der Waals surface area contributed by atoms with E-state index in [-0.39, 0.29) is 12.3 Å². The maximum absolute atomic E-state index is 12.1. The van der Waals surface area contributed by atoms with Gasteiger partial charge in [-0.1, -0.05) is 20.3 Å². The van der Waals surface area contributed by atoms with Gasteiger partial charge in [0.25, 0.3) is 0 Å². The molecular formula is C10H14F6O. The molecular weight excluding hydrogens is 250 g/mol. The zero-order valence-corrected chi connectivity index (χ0v) is 9.45. The Morgan fingerprint density at radius 2 is 1.41 bits per heavy atom. The van der Waals surface area contributed by atoms with Crippen LogP contribution in [0.1, 0.15) is 33.1 Å². The summed E-state index contributed by atoms with van der Waals surface area (Å²) in [5, 5.41) is 0. The SMILES string of the molecule is CC(C)CCCC(=O)C(C(F)(F)F)C(F)(F)F. The van der Waals surface area contributed by atoms with E-state index >= 15 is 0 Å². The monoisotopic (exact) mass is 264 g/mol. The maximum atomic E-state index is 12.1. The van der Waals surface area contributed by atoms with Crippen LogP contribution < -0.4 is 0 Å². The highest BCUT2D eigenvalue weighted by Crippen LogP contribution is 2.40. The van der Waals surface area contributed by atoms with E-state index in [0.717, 1.165) is 0 Å². The standard InChI is InChI=1S/C10H14F6O/c1-6(2)4-3-5-7(17)8(9(11,12)13)10(14,15)16/h6,8H,3-5H2,1-2H3.